The quantitative estimate of drug-likeness (QED) is 0.362. The number of carboxylic acid groups (broad SMARTS) is 1. The molecule has 0 bridgehead atoms. The fourth-order valence-corrected chi connectivity index (χ4v) is 0.766. The fraction of sp³-hybridized carbons (Fsp3) is 0.667. The minimum atomic E-state index is -1.33. The molecule has 1 aliphatic rings. The summed E-state index contributed by atoms with van der Waals surface area (Å²) in [7, 11) is 0. The number of ether oxygens (including phenoxy) is 1. The third-order valence-corrected chi connectivity index (χ3v) is 1.33. The molecule has 0 aliphatic carbocycles. The second-order valence-corrected chi connectivity index (χ2v) is 2.19. The van der Waals surface area contributed by atoms with E-state index in [2.05, 4.69) is 10.1 Å². The van der Waals surface area contributed by atoms with E-state index in [-0.39, 0.29) is 57.3 Å². The van der Waals surface area contributed by atoms with Crippen LogP contribution in [0, 0.1) is 0 Å². The van der Waals surface area contributed by atoms with Crippen LogP contribution in [0.25, 0.3) is 0 Å². The summed E-state index contributed by atoms with van der Waals surface area (Å²) in [6, 6.07) is 0. The summed E-state index contributed by atoms with van der Waals surface area (Å²) in [5.41, 5.74) is 0. The van der Waals surface area contributed by atoms with Gasteiger partial charge in [0, 0.05) is 6.54 Å². The topological polar surface area (TPSA) is 81.8 Å². The zero-order valence-electron chi connectivity index (χ0n) is 6.99. The van der Waals surface area contributed by atoms with E-state index in [9.17, 15) is 14.7 Å². The van der Waals surface area contributed by atoms with Gasteiger partial charge in [-0.1, -0.05) is 0 Å². The number of aliphatic carboxylic acids is 1. The number of epoxide rings is 1. The molecule has 0 spiro atoms. The van der Waals surface area contributed by atoms with Crippen molar-refractivity contribution < 1.29 is 70.8 Å². The smallest absolute Gasteiger partial charge is 0.547 e. The molecular weight excluding hydrogens is 189 g/mol. The molecule has 6 heteroatoms. The van der Waals surface area contributed by atoms with Crippen LogP contribution in [0.5, 0.6) is 0 Å². The Bertz CT molecular complexity index is 196. The van der Waals surface area contributed by atoms with Gasteiger partial charge in [-0.2, -0.15) is 0 Å². The van der Waals surface area contributed by atoms with Crippen LogP contribution >= 0.6 is 0 Å². The third-order valence-electron chi connectivity index (χ3n) is 1.33. The van der Waals surface area contributed by atoms with Gasteiger partial charge in [0.05, 0.1) is 5.97 Å². The molecule has 0 aromatic carbocycles. The van der Waals surface area contributed by atoms with Gasteiger partial charge in [-0.25, -0.2) is 0 Å². The zero-order chi connectivity index (χ0) is 8.43. The number of carboxylic acids is 1. The van der Waals surface area contributed by atoms with Crippen molar-refractivity contribution in [1.29, 1.82) is 0 Å². The molecule has 62 valence electrons. The van der Waals surface area contributed by atoms with Crippen molar-refractivity contribution in [2.45, 2.75) is 19.1 Å². The molecular formula is C6H8KNO4. The molecule has 1 N–H and O–H groups in total. The number of carbonyl (C=O) groups is 2. The SMILES string of the molecule is CCNC(=O)C1OC1C(=O)[O-].[K+]. The van der Waals surface area contributed by atoms with Crippen LogP contribution in [-0.4, -0.2) is 30.6 Å². The molecule has 1 amide bonds. The number of hydrogen-bond donors (Lipinski definition) is 1. The predicted octanol–water partition coefficient (Wildman–Crippen LogP) is -5.36. The monoisotopic (exact) mass is 197 g/mol. The van der Waals surface area contributed by atoms with E-state index in [1.165, 1.54) is 0 Å². The summed E-state index contributed by atoms with van der Waals surface area (Å²) in [6.07, 6.45) is -1.87. The van der Waals surface area contributed by atoms with Gasteiger partial charge in [-0.05, 0) is 6.92 Å². The number of hydrogen-bond acceptors (Lipinski definition) is 4. The van der Waals surface area contributed by atoms with E-state index < -0.39 is 18.2 Å². The molecule has 0 radical (unpaired) electrons. The summed E-state index contributed by atoms with van der Waals surface area (Å²) < 4.78 is 4.52. The molecule has 2 unspecified atom stereocenters. The molecule has 5 nitrogen and oxygen atoms in total. The molecule has 1 aliphatic heterocycles. The molecule has 0 aromatic rings. The predicted molar refractivity (Wildman–Crippen MR) is 32.4 cm³/mol. The van der Waals surface area contributed by atoms with Crippen LogP contribution in [-0.2, 0) is 14.3 Å². The van der Waals surface area contributed by atoms with Gasteiger partial charge in [0.15, 0.2) is 6.10 Å². The van der Waals surface area contributed by atoms with Crippen LogP contribution in [0.2, 0.25) is 0 Å². The average molecular weight is 197 g/mol. The number of amides is 1. The second kappa shape index (κ2) is 5.31. The van der Waals surface area contributed by atoms with Crippen molar-refractivity contribution >= 4 is 11.9 Å². The standard InChI is InChI=1S/C6H9NO4.K/c1-2-7-5(8)3-4(11-3)6(9)10;/h3-4H,2H2,1H3,(H,7,8)(H,9,10);/q;+1/p-1. The van der Waals surface area contributed by atoms with Crippen molar-refractivity contribution in [2.75, 3.05) is 6.54 Å². The summed E-state index contributed by atoms with van der Waals surface area (Å²) in [5.74, 6) is -1.72. The van der Waals surface area contributed by atoms with E-state index in [0.29, 0.717) is 6.54 Å². The first-order valence-electron chi connectivity index (χ1n) is 3.31. The number of carbonyl (C=O) groups excluding carboxylic acids is 2. The van der Waals surface area contributed by atoms with Gasteiger partial charge < -0.3 is 20.0 Å². The van der Waals surface area contributed by atoms with E-state index in [0.717, 1.165) is 0 Å². The van der Waals surface area contributed by atoms with Gasteiger partial charge in [-0.3, -0.25) is 4.79 Å². The molecule has 1 fully saturated rings. The van der Waals surface area contributed by atoms with Crippen LogP contribution in [0.15, 0.2) is 0 Å². The zero-order valence-corrected chi connectivity index (χ0v) is 10.1. The van der Waals surface area contributed by atoms with E-state index in [4.69, 9.17) is 0 Å². The summed E-state index contributed by atoms with van der Waals surface area (Å²) in [6.45, 7) is 2.22. The Hall–Kier alpha value is 0.536. The molecule has 2 atom stereocenters. The first kappa shape index (κ1) is 12.5. The molecule has 1 heterocycles. The third kappa shape index (κ3) is 3.12. The van der Waals surface area contributed by atoms with Gasteiger partial charge in [0.25, 0.3) is 5.91 Å². The van der Waals surface area contributed by atoms with E-state index >= 15 is 0 Å². The minimum Gasteiger partial charge on any atom is -0.547 e. The molecule has 1 rings (SSSR count). The Balaban J connectivity index is 0.00000121. The van der Waals surface area contributed by atoms with Crippen LogP contribution < -0.4 is 61.8 Å². The minimum absolute atomic E-state index is 0. The number of nitrogens with one attached hydrogen (secondary N) is 1. The first-order chi connectivity index (χ1) is 5.16. The number of rotatable bonds is 3. The Labute approximate surface area is 112 Å². The normalized spacial score (nSPS) is 25.4. The fourth-order valence-electron chi connectivity index (χ4n) is 0.766. The van der Waals surface area contributed by atoms with Gasteiger partial charge in [0.1, 0.15) is 6.10 Å². The average Bonchev–Trinajstić information content (AvgIpc) is 2.65. The maximum absolute atomic E-state index is 10.8. The Kier molecular flexibility index (Phi) is 5.54. The maximum Gasteiger partial charge on any atom is 1.00 e. The Morgan fingerprint density at radius 2 is 2.08 bits per heavy atom. The van der Waals surface area contributed by atoms with Crippen LogP contribution in [0.3, 0.4) is 0 Å². The van der Waals surface area contributed by atoms with Crippen LogP contribution in [0.4, 0.5) is 0 Å². The first-order valence-corrected chi connectivity index (χ1v) is 3.31. The van der Waals surface area contributed by atoms with Gasteiger partial charge in [-0.15, -0.1) is 0 Å². The van der Waals surface area contributed by atoms with Crippen molar-refractivity contribution in [2.24, 2.45) is 0 Å². The molecule has 0 aromatic heterocycles. The van der Waals surface area contributed by atoms with Crippen LogP contribution in [0.1, 0.15) is 6.92 Å². The summed E-state index contributed by atoms with van der Waals surface area (Å²) in [4.78, 5) is 20.9. The molecule has 1 saturated heterocycles. The number of likely N-dealkylation sites (N-methyl/N-ethyl adjacent to an activating group) is 1. The Morgan fingerprint density at radius 1 is 1.50 bits per heavy atom. The van der Waals surface area contributed by atoms with Crippen molar-refractivity contribution in [1.82, 2.24) is 5.32 Å². The summed E-state index contributed by atoms with van der Waals surface area (Å²) >= 11 is 0. The van der Waals surface area contributed by atoms with Crippen molar-refractivity contribution in [3.05, 3.63) is 0 Å². The maximum atomic E-state index is 10.8. The van der Waals surface area contributed by atoms with Crippen molar-refractivity contribution in [3.8, 4) is 0 Å². The largest absolute Gasteiger partial charge is 1.00 e. The van der Waals surface area contributed by atoms with Gasteiger partial charge >= 0.3 is 51.4 Å². The van der Waals surface area contributed by atoms with Gasteiger partial charge in [0.2, 0.25) is 0 Å². The molecule has 12 heavy (non-hydrogen) atoms. The second-order valence-electron chi connectivity index (χ2n) is 2.19. The summed E-state index contributed by atoms with van der Waals surface area (Å²) in [5, 5.41) is 12.5. The molecule has 0 saturated carbocycles. The van der Waals surface area contributed by atoms with E-state index in [1.807, 2.05) is 0 Å². The van der Waals surface area contributed by atoms with E-state index in [1.54, 1.807) is 6.92 Å². The Morgan fingerprint density at radius 3 is 2.42 bits per heavy atom. The van der Waals surface area contributed by atoms with Crippen molar-refractivity contribution in [3.63, 3.8) is 0 Å².